The van der Waals surface area contributed by atoms with E-state index in [0.29, 0.717) is 4.91 Å². The normalized spacial score (nSPS) is 16.4. The van der Waals surface area contributed by atoms with Gasteiger partial charge in [0.2, 0.25) is 0 Å². The highest BCUT2D eigenvalue weighted by atomic mass is 127. The molecule has 0 atom stereocenters. The summed E-state index contributed by atoms with van der Waals surface area (Å²) in [6, 6.07) is 8.31. The molecule has 1 fully saturated rings. The van der Waals surface area contributed by atoms with Crippen LogP contribution in [-0.2, 0) is 4.79 Å². The number of hydrogen-bond donors (Lipinski definition) is 0. The fourth-order valence-electron chi connectivity index (χ4n) is 3.17. The summed E-state index contributed by atoms with van der Waals surface area (Å²) in [5.74, 6) is -0.204. The Morgan fingerprint density at radius 1 is 1.12 bits per heavy atom. The number of rotatable bonds is 3. The fourth-order valence-corrected chi connectivity index (χ4v) is 4.45. The lowest BCUT2D eigenvalue weighted by Crippen LogP contribution is -2.34. The van der Waals surface area contributed by atoms with Crippen molar-refractivity contribution in [1.82, 2.24) is 9.47 Å². The maximum Gasteiger partial charge on any atom is 0.293 e. The Morgan fingerprint density at radius 2 is 1.81 bits per heavy atom. The van der Waals surface area contributed by atoms with Crippen molar-refractivity contribution >= 4 is 51.6 Å². The van der Waals surface area contributed by atoms with Crippen molar-refractivity contribution in [2.24, 2.45) is 0 Å². The van der Waals surface area contributed by atoms with Crippen molar-refractivity contribution in [3.05, 3.63) is 55.3 Å². The number of nitrogens with zero attached hydrogens (tertiary/aromatic N) is 2. The predicted molar refractivity (Wildman–Crippen MR) is 116 cm³/mol. The van der Waals surface area contributed by atoms with Crippen molar-refractivity contribution in [2.75, 3.05) is 0 Å². The quantitative estimate of drug-likeness (QED) is 0.434. The molecule has 136 valence electrons. The number of aromatic nitrogens is 1. The third kappa shape index (κ3) is 3.36. The minimum Gasteiger partial charge on any atom is -0.318 e. The molecule has 6 heteroatoms. The molecule has 0 bridgehead atoms. The summed E-state index contributed by atoms with van der Waals surface area (Å²) in [7, 11) is 0. The second-order valence-corrected chi connectivity index (χ2v) is 8.90. The average Bonchev–Trinajstić information content (AvgIpc) is 2.99. The van der Waals surface area contributed by atoms with E-state index in [0.717, 1.165) is 34.4 Å². The van der Waals surface area contributed by atoms with Gasteiger partial charge in [-0.1, -0.05) is 0 Å². The van der Waals surface area contributed by atoms with Crippen molar-refractivity contribution in [1.29, 1.82) is 0 Å². The highest BCUT2D eigenvalue weighted by Crippen LogP contribution is 2.35. The van der Waals surface area contributed by atoms with E-state index >= 15 is 0 Å². The van der Waals surface area contributed by atoms with Crippen LogP contribution in [0.1, 0.15) is 36.4 Å². The average molecular weight is 480 g/mol. The Labute approximate surface area is 171 Å². The summed E-state index contributed by atoms with van der Waals surface area (Å²) < 4.78 is 3.41. The lowest BCUT2D eigenvalue weighted by molar-refractivity contribution is -0.123. The molecule has 1 aromatic carbocycles. The third-order valence-electron chi connectivity index (χ3n) is 4.50. The van der Waals surface area contributed by atoms with Crippen molar-refractivity contribution in [3.8, 4) is 5.69 Å². The SMILES string of the molecule is Cc1cc(-n2c(C)cc(/C=C3\SC(=O)N(C(C)C)C3=O)c2C)ccc1I. The molecule has 26 heavy (non-hydrogen) atoms. The molecular formula is C20H21IN2O2S. The highest BCUT2D eigenvalue weighted by Gasteiger charge is 2.36. The molecule has 0 aliphatic carbocycles. The van der Waals surface area contributed by atoms with Gasteiger partial charge in [-0.15, -0.1) is 0 Å². The largest absolute Gasteiger partial charge is 0.318 e. The van der Waals surface area contributed by atoms with E-state index in [4.69, 9.17) is 0 Å². The monoisotopic (exact) mass is 480 g/mol. The van der Waals surface area contributed by atoms with Gasteiger partial charge in [-0.25, -0.2) is 0 Å². The molecule has 0 unspecified atom stereocenters. The molecule has 0 N–H and O–H groups in total. The highest BCUT2D eigenvalue weighted by molar-refractivity contribution is 14.1. The Bertz CT molecular complexity index is 944. The van der Waals surface area contributed by atoms with Gasteiger partial charge in [0.1, 0.15) is 0 Å². The van der Waals surface area contributed by atoms with Gasteiger partial charge >= 0.3 is 0 Å². The van der Waals surface area contributed by atoms with Crippen molar-refractivity contribution in [3.63, 3.8) is 0 Å². The second-order valence-electron chi connectivity index (χ2n) is 6.74. The summed E-state index contributed by atoms with van der Waals surface area (Å²) in [5.41, 5.74) is 5.45. The zero-order valence-corrected chi connectivity index (χ0v) is 18.4. The molecule has 0 spiro atoms. The number of imide groups is 1. The number of benzene rings is 1. The first-order chi connectivity index (χ1) is 12.2. The van der Waals surface area contributed by atoms with E-state index in [1.54, 1.807) is 0 Å². The number of hydrogen-bond acceptors (Lipinski definition) is 3. The zero-order chi connectivity index (χ0) is 19.2. The summed E-state index contributed by atoms with van der Waals surface area (Å²) >= 11 is 3.35. The van der Waals surface area contributed by atoms with Crippen LogP contribution in [0.4, 0.5) is 4.79 Å². The summed E-state index contributed by atoms with van der Waals surface area (Å²) in [6.07, 6.45) is 1.84. The summed E-state index contributed by atoms with van der Waals surface area (Å²) in [4.78, 5) is 26.4. The lowest BCUT2D eigenvalue weighted by Gasteiger charge is -2.16. The van der Waals surface area contributed by atoms with E-state index in [9.17, 15) is 9.59 Å². The predicted octanol–water partition coefficient (Wildman–Crippen LogP) is 5.45. The van der Waals surface area contributed by atoms with Gasteiger partial charge in [0.15, 0.2) is 0 Å². The van der Waals surface area contributed by atoms with E-state index in [1.807, 2.05) is 26.8 Å². The van der Waals surface area contributed by atoms with Gasteiger partial charge in [-0.05, 0) is 110 Å². The number of halogens is 1. The van der Waals surface area contributed by atoms with Crippen LogP contribution in [0, 0.1) is 24.3 Å². The molecule has 3 rings (SSSR count). The third-order valence-corrected chi connectivity index (χ3v) is 6.59. The van der Waals surface area contributed by atoms with Crippen LogP contribution in [0.3, 0.4) is 0 Å². The van der Waals surface area contributed by atoms with Crippen LogP contribution >= 0.6 is 34.4 Å². The first-order valence-electron chi connectivity index (χ1n) is 8.43. The smallest absolute Gasteiger partial charge is 0.293 e. The Balaban J connectivity index is 2.02. The van der Waals surface area contributed by atoms with Gasteiger partial charge < -0.3 is 4.57 Å². The lowest BCUT2D eigenvalue weighted by atomic mass is 10.2. The molecule has 1 aliphatic heterocycles. The van der Waals surface area contributed by atoms with Crippen molar-refractivity contribution < 1.29 is 9.59 Å². The van der Waals surface area contributed by atoms with Crippen LogP contribution in [0.15, 0.2) is 29.2 Å². The van der Waals surface area contributed by atoms with Crippen molar-refractivity contribution in [2.45, 2.75) is 40.7 Å². The number of thioether (sulfide) groups is 1. The minimum atomic E-state index is -0.204. The number of amides is 2. The summed E-state index contributed by atoms with van der Waals surface area (Å²) in [5, 5.41) is -0.196. The Kier molecular flexibility index (Phi) is 5.35. The molecule has 0 saturated carbocycles. The Hall–Kier alpha value is -1.54. The summed E-state index contributed by atoms with van der Waals surface area (Å²) in [6.45, 7) is 9.90. The molecule has 2 aromatic rings. The standard InChI is InChI=1S/C20H21IN2O2S/c1-11(2)22-19(24)18(26-20(22)25)10-15-9-13(4)23(14(15)5)16-6-7-17(21)12(3)8-16/h6-11H,1-5H3/b18-10-. The molecule has 1 saturated heterocycles. The maximum atomic E-state index is 12.5. The van der Waals surface area contributed by atoms with Crippen LogP contribution in [0.2, 0.25) is 0 Å². The van der Waals surface area contributed by atoms with E-state index in [2.05, 4.69) is 65.3 Å². The van der Waals surface area contributed by atoms with Gasteiger partial charge in [0.05, 0.1) is 4.91 Å². The van der Waals surface area contributed by atoms with Gasteiger partial charge in [-0.3, -0.25) is 14.5 Å². The molecule has 2 amide bonds. The second kappa shape index (κ2) is 7.23. The molecule has 1 aliphatic rings. The van der Waals surface area contributed by atoms with Crippen LogP contribution < -0.4 is 0 Å². The fraction of sp³-hybridized carbons (Fsp3) is 0.300. The molecular weight excluding hydrogens is 459 g/mol. The van der Waals surface area contributed by atoms with E-state index < -0.39 is 0 Å². The number of aryl methyl sites for hydroxylation is 2. The number of carbonyl (C=O) groups is 2. The topological polar surface area (TPSA) is 42.3 Å². The van der Waals surface area contributed by atoms with E-state index in [-0.39, 0.29) is 17.2 Å². The van der Waals surface area contributed by atoms with Crippen LogP contribution in [0.5, 0.6) is 0 Å². The first-order valence-corrected chi connectivity index (χ1v) is 10.3. The van der Waals surface area contributed by atoms with Crippen LogP contribution in [0.25, 0.3) is 11.8 Å². The van der Waals surface area contributed by atoms with Crippen LogP contribution in [-0.4, -0.2) is 26.7 Å². The first kappa shape index (κ1) is 19.2. The van der Waals surface area contributed by atoms with Gasteiger partial charge in [-0.2, -0.15) is 0 Å². The maximum absolute atomic E-state index is 12.5. The Morgan fingerprint density at radius 3 is 2.38 bits per heavy atom. The van der Waals surface area contributed by atoms with Gasteiger partial charge in [0.25, 0.3) is 11.1 Å². The molecule has 4 nitrogen and oxygen atoms in total. The minimum absolute atomic E-state index is 0.129. The van der Waals surface area contributed by atoms with Gasteiger partial charge in [0, 0.05) is 26.7 Å². The molecule has 0 radical (unpaired) electrons. The number of carbonyl (C=O) groups excluding carboxylic acids is 2. The molecule has 2 heterocycles. The van der Waals surface area contributed by atoms with E-state index in [1.165, 1.54) is 14.0 Å². The zero-order valence-electron chi connectivity index (χ0n) is 15.5. The molecule has 1 aromatic heterocycles.